The standard InChI is InChI=1S/C15H22FNO/c16-14-8-13(4-1-2-7-17)9-15(10-14)18-11-12-5-3-6-12/h8-10,12H,1-7,11,17H2. The third-order valence-electron chi connectivity index (χ3n) is 3.56. The van der Waals surface area contributed by atoms with Crippen molar-refractivity contribution in [3.63, 3.8) is 0 Å². The molecule has 2 nitrogen and oxygen atoms in total. The lowest BCUT2D eigenvalue weighted by molar-refractivity contribution is 0.180. The number of benzene rings is 1. The van der Waals surface area contributed by atoms with E-state index in [1.54, 1.807) is 6.07 Å². The molecule has 2 rings (SSSR count). The summed E-state index contributed by atoms with van der Waals surface area (Å²) >= 11 is 0. The lowest BCUT2D eigenvalue weighted by Gasteiger charge is -2.25. The molecule has 0 bridgehead atoms. The number of unbranched alkanes of at least 4 members (excludes halogenated alkanes) is 1. The molecule has 0 spiro atoms. The van der Waals surface area contributed by atoms with Crippen molar-refractivity contribution in [2.75, 3.05) is 13.2 Å². The summed E-state index contributed by atoms with van der Waals surface area (Å²) in [6, 6.07) is 5.02. The molecule has 1 fully saturated rings. The molecule has 1 aromatic rings. The van der Waals surface area contributed by atoms with Crippen molar-refractivity contribution in [3.05, 3.63) is 29.6 Å². The van der Waals surface area contributed by atoms with Gasteiger partial charge >= 0.3 is 0 Å². The number of nitrogens with two attached hydrogens (primary N) is 1. The second-order valence-corrected chi connectivity index (χ2v) is 5.15. The Balaban J connectivity index is 1.87. The minimum Gasteiger partial charge on any atom is -0.493 e. The van der Waals surface area contributed by atoms with Gasteiger partial charge in [-0.1, -0.05) is 6.42 Å². The average Bonchev–Trinajstić information content (AvgIpc) is 2.26. The summed E-state index contributed by atoms with van der Waals surface area (Å²) in [5, 5.41) is 0. The van der Waals surface area contributed by atoms with E-state index in [0.29, 0.717) is 18.2 Å². The molecule has 1 aromatic carbocycles. The molecule has 0 radical (unpaired) electrons. The van der Waals surface area contributed by atoms with Gasteiger partial charge in [0.15, 0.2) is 0 Å². The highest BCUT2D eigenvalue weighted by Gasteiger charge is 2.18. The van der Waals surface area contributed by atoms with E-state index in [1.165, 1.54) is 25.3 Å². The SMILES string of the molecule is NCCCCc1cc(F)cc(OCC2CCC2)c1. The van der Waals surface area contributed by atoms with Crippen LogP contribution in [0.2, 0.25) is 0 Å². The maximum atomic E-state index is 13.5. The Kier molecular flexibility index (Phi) is 5.00. The molecule has 18 heavy (non-hydrogen) atoms. The lowest BCUT2D eigenvalue weighted by Crippen LogP contribution is -2.19. The van der Waals surface area contributed by atoms with E-state index in [4.69, 9.17) is 10.5 Å². The number of hydrogen-bond donors (Lipinski definition) is 1. The molecular formula is C15H22FNO. The summed E-state index contributed by atoms with van der Waals surface area (Å²) in [6.45, 7) is 1.42. The van der Waals surface area contributed by atoms with Crippen LogP contribution < -0.4 is 10.5 Å². The fourth-order valence-electron chi connectivity index (χ4n) is 2.20. The van der Waals surface area contributed by atoms with Gasteiger partial charge in [0.25, 0.3) is 0 Å². The predicted molar refractivity (Wildman–Crippen MR) is 71.2 cm³/mol. The summed E-state index contributed by atoms with van der Waals surface area (Å²) in [6.07, 6.45) is 6.66. The van der Waals surface area contributed by atoms with Gasteiger partial charge in [0.05, 0.1) is 6.61 Å². The minimum absolute atomic E-state index is 0.205. The smallest absolute Gasteiger partial charge is 0.127 e. The molecule has 0 heterocycles. The van der Waals surface area contributed by atoms with Gasteiger partial charge in [-0.2, -0.15) is 0 Å². The summed E-state index contributed by atoms with van der Waals surface area (Å²) < 4.78 is 19.1. The maximum absolute atomic E-state index is 13.5. The van der Waals surface area contributed by atoms with Gasteiger partial charge in [-0.05, 0) is 62.3 Å². The molecule has 100 valence electrons. The van der Waals surface area contributed by atoms with Crippen LogP contribution in [0.3, 0.4) is 0 Å². The van der Waals surface area contributed by atoms with Crippen LogP contribution in [0.5, 0.6) is 5.75 Å². The van der Waals surface area contributed by atoms with Gasteiger partial charge < -0.3 is 10.5 Å². The van der Waals surface area contributed by atoms with E-state index in [9.17, 15) is 4.39 Å². The predicted octanol–water partition coefficient (Wildman–Crippen LogP) is 3.29. The molecule has 1 aliphatic carbocycles. The first-order chi connectivity index (χ1) is 8.78. The van der Waals surface area contributed by atoms with Crippen molar-refractivity contribution in [1.29, 1.82) is 0 Å². The van der Waals surface area contributed by atoms with E-state index in [-0.39, 0.29) is 5.82 Å². The molecule has 1 saturated carbocycles. The van der Waals surface area contributed by atoms with Crippen LogP contribution in [0.4, 0.5) is 4.39 Å². The van der Waals surface area contributed by atoms with Crippen LogP contribution in [-0.4, -0.2) is 13.2 Å². The second-order valence-electron chi connectivity index (χ2n) is 5.15. The lowest BCUT2D eigenvalue weighted by atomic mass is 9.86. The quantitative estimate of drug-likeness (QED) is 0.755. The first-order valence-electron chi connectivity index (χ1n) is 6.90. The molecule has 1 aliphatic rings. The van der Waals surface area contributed by atoms with Gasteiger partial charge in [-0.3, -0.25) is 0 Å². The highest BCUT2D eigenvalue weighted by Crippen LogP contribution is 2.27. The van der Waals surface area contributed by atoms with Gasteiger partial charge in [-0.25, -0.2) is 4.39 Å². The van der Waals surface area contributed by atoms with Crippen molar-refractivity contribution < 1.29 is 9.13 Å². The third-order valence-corrected chi connectivity index (χ3v) is 3.56. The molecule has 0 aliphatic heterocycles. The molecule has 0 amide bonds. The highest BCUT2D eigenvalue weighted by atomic mass is 19.1. The molecule has 0 saturated heterocycles. The fraction of sp³-hybridized carbons (Fsp3) is 0.600. The molecule has 3 heteroatoms. The van der Waals surface area contributed by atoms with Gasteiger partial charge in [0, 0.05) is 6.07 Å². The monoisotopic (exact) mass is 251 g/mol. The average molecular weight is 251 g/mol. The number of hydrogen-bond acceptors (Lipinski definition) is 2. The Morgan fingerprint density at radius 1 is 1.22 bits per heavy atom. The summed E-state index contributed by atoms with van der Waals surface area (Å²) in [5.74, 6) is 1.14. The number of halogens is 1. The maximum Gasteiger partial charge on any atom is 0.127 e. The normalized spacial score (nSPS) is 15.4. The summed E-state index contributed by atoms with van der Waals surface area (Å²) in [7, 11) is 0. The van der Waals surface area contributed by atoms with E-state index >= 15 is 0 Å². The largest absolute Gasteiger partial charge is 0.493 e. The summed E-state index contributed by atoms with van der Waals surface area (Å²) in [5.41, 5.74) is 6.46. The van der Waals surface area contributed by atoms with E-state index in [2.05, 4.69) is 0 Å². The van der Waals surface area contributed by atoms with Crippen molar-refractivity contribution in [2.45, 2.75) is 38.5 Å². The number of rotatable bonds is 7. The van der Waals surface area contributed by atoms with Crippen LogP contribution in [0.25, 0.3) is 0 Å². The van der Waals surface area contributed by atoms with Crippen LogP contribution >= 0.6 is 0 Å². The van der Waals surface area contributed by atoms with Crippen molar-refractivity contribution in [2.24, 2.45) is 11.7 Å². The van der Waals surface area contributed by atoms with Gasteiger partial charge in [0.1, 0.15) is 11.6 Å². The van der Waals surface area contributed by atoms with Crippen LogP contribution in [0.15, 0.2) is 18.2 Å². The van der Waals surface area contributed by atoms with Gasteiger partial charge in [-0.15, -0.1) is 0 Å². The second kappa shape index (κ2) is 6.74. The zero-order valence-electron chi connectivity index (χ0n) is 10.8. The van der Waals surface area contributed by atoms with Crippen LogP contribution in [-0.2, 0) is 6.42 Å². The van der Waals surface area contributed by atoms with Crippen LogP contribution in [0, 0.1) is 11.7 Å². The highest BCUT2D eigenvalue weighted by molar-refractivity contribution is 5.29. The molecule has 0 atom stereocenters. The van der Waals surface area contributed by atoms with Crippen LogP contribution in [0.1, 0.15) is 37.7 Å². The Morgan fingerprint density at radius 2 is 2.06 bits per heavy atom. The third kappa shape index (κ3) is 3.98. The van der Waals surface area contributed by atoms with E-state index in [1.807, 2.05) is 6.07 Å². The van der Waals surface area contributed by atoms with E-state index < -0.39 is 0 Å². The topological polar surface area (TPSA) is 35.2 Å². The van der Waals surface area contributed by atoms with Crippen molar-refractivity contribution in [1.82, 2.24) is 0 Å². The van der Waals surface area contributed by atoms with Gasteiger partial charge in [0.2, 0.25) is 0 Å². The Hall–Kier alpha value is -1.09. The molecular weight excluding hydrogens is 229 g/mol. The first-order valence-corrected chi connectivity index (χ1v) is 6.90. The molecule has 0 aromatic heterocycles. The Morgan fingerprint density at radius 3 is 2.72 bits per heavy atom. The van der Waals surface area contributed by atoms with E-state index in [0.717, 1.165) is 31.4 Å². The number of aryl methyl sites for hydroxylation is 1. The van der Waals surface area contributed by atoms with Crippen molar-refractivity contribution >= 4 is 0 Å². The Labute approximate surface area is 108 Å². The zero-order chi connectivity index (χ0) is 12.8. The zero-order valence-corrected chi connectivity index (χ0v) is 10.8. The summed E-state index contributed by atoms with van der Waals surface area (Å²) in [4.78, 5) is 0. The number of ether oxygens (including phenoxy) is 1. The first kappa shape index (κ1) is 13.3. The molecule has 2 N–H and O–H groups in total. The minimum atomic E-state index is -0.205. The molecule has 0 unspecified atom stereocenters. The van der Waals surface area contributed by atoms with Crippen molar-refractivity contribution in [3.8, 4) is 5.75 Å². The fourth-order valence-corrected chi connectivity index (χ4v) is 2.20. The Bertz CT molecular complexity index is 377.